The molecule has 43 heavy (non-hydrogen) atoms. The fraction of sp³-hybridized carbons (Fsp3) is 0.414. The second-order valence-corrected chi connectivity index (χ2v) is 11.2. The lowest BCUT2D eigenvalue weighted by molar-refractivity contribution is -0.131. The third-order valence-corrected chi connectivity index (χ3v) is 8.25. The number of anilines is 1. The molecule has 3 aromatic rings. The van der Waals surface area contributed by atoms with Crippen molar-refractivity contribution in [2.24, 2.45) is 13.0 Å². The molecule has 1 unspecified atom stereocenters. The van der Waals surface area contributed by atoms with Gasteiger partial charge in [0.2, 0.25) is 11.7 Å². The SMILES string of the molecule is COc1ccc(-c2cnc(C(O)Nc3ccc(C(=O)N[C@H]4C[C@@H](NC(=O)[C@H]5CCNC[C@H]5O)C4)c(Cl)c3)n2C)c(F)c1F. The first-order chi connectivity index (χ1) is 20.6. The molecule has 1 aliphatic carbocycles. The molecular weight excluding hydrogens is 586 g/mol. The van der Waals surface area contributed by atoms with Crippen LogP contribution >= 0.6 is 11.6 Å². The van der Waals surface area contributed by atoms with E-state index in [2.05, 4.69) is 26.3 Å². The lowest BCUT2D eigenvalue weighted by Crippen LogP contribution is -2.56. The molecule has 1 saturated carbocycles. The molecule has 2 fully saturated rings. The van der Waals surface area contributed by atoms with E-state index in [1.165, 1.54) is 42.1 Å². The van der Waals surface area contributed by atoms with E-state index in [1.807, 2.05) is 0 Å². The van der Waals surface area contributed by atoms with Gasteiger partial charge in [-0.15, -0.1) is 0 Å². The Hall–Kier alpha value is -3.78. The van der Waals surface area contributed by atoms with Crippen LogP contribution in [0.3, 0.4) is 0 Å². The number of aliphatic hydroxyl groups excluding tert-OH is 2. The molecule has 0 spiro atoms. The first kappa shape index (κ1) is 30.7. The fourth-order valence-electron chi connectivity index (χ4n) is 5.40. The van der Waals surface area contributed by atoms with Crippen molar-refractivity contribution in [2.75, 3.05) is 25.5 Å². The summed E-state index contributed by atoms with van der Waals surface area (Å²) in [5.74, 6) is -3.29. The zero-order valence-corrected chi connectivity index (χ0v) is 24.3. The summed E-state index contributed by atoms with van der Waals surface area (Å²) in [6.07, 6.45) is 0.989. The maximum atomic E-state index is 14.6. The van der Waals surface area contributed by atoms with Crippen molar-refractivity contribution < 1.29 is 33.3 Å². The number of aliphatic hydroxyl groups is 2. The van der Waals surface area contributed by atoms with Crippen LogP contribution in [0.15, 0.2) is 36.5 Å². The number of amides is 2. The van der Waals surface area contributed by atoms with E-state index >= 15 is 0 Å². The van der Waals surface area contributed by atoms with Gasteiger partial charge in [-0.1, -0.05) is 11.6 Å². The third kappa shape index (κ3) is 6.44. The van der Waals surface area contributed by atoms with Crippen LogP contribution in [0.2, 0.25) is 5.02 Å². The van der Waals surface area contributed by atoms with Gasteiger partial charge in [0, 0.05) is 36.9 Å². The van der Waals surface area contributed by atoms with Gasteiger partial charge in [0.15, 0.2) is 23.6 Å². The Bertz CT molecular complexity index is 1510. The minimum atomic E-state index is -1.34. The van der Waals surface area contributed by atoms with Crippen molar-refractivity contribution in [2.45, 2.75) is 43.7 Å². The van der Waals surface area contributed by atoms with Crippen LogP contribution in [0.25, 0.3) is 11.3 Å². The molecule has 3 atom stereocenters. The molecule has 6 N–H and O–H groups in total. The Morgan fingerprint density at radius 2 is 1.91 bits per heavy atom. The van der Waals surface area contributed by atoms with E-state index in [0.717, 1.165) is 0 Å². The molecule has 1 aromatic heterocycles. The molecule has 1 saturated heterocycles. The number of piperidine rings is 1. The van der Waals surface area contributed by atoms with E-state index in [0.29, 0.717) is 38.0 Å². The highest BCUT2D eigenvalue weighted by atomic mass is 35.5. The number of aromatic nitrogens is 2. The summed E-state index contributed by atoms with van der Waals surface area (Å²) in [5, 5.41) is 32.7. The van der Waals surface area contributed by atoms with E-state index in [1.54, 1.807) is 13.1 Å². The first-order valence-corrected chi connectivity index (χ1v) is 14.2. The zero-order valence-electron chi connectivity index (χ0n) is 23.5. The maximum absolute atomic E-state index is 14.6. The van der Waals surface area contributed by atoms with E-state index in [4.69, 9.17) is 16.3 Å². The number of β-amino-alcohol motifs (C(OH)–C–C–N with tert-alkyl or cyclic N) is 1. The molecule has 11 nitrogen and oxygen atoms in total. The molecule has 0 radical (unpaired) electrons. The van der Waals surface area contributed by atoms with Crippen LogP contribution < -0.4 is 26.0 Å². The predicted octanol–water partition coefficient (Wildman–Crippen LogP) is 2.48. The minimum Gasteiger partial charge on any atom is -0.494 e. The summed E-state index contributed by atoms with van der Waals surface area (Å²) in [6.45, 7) is 1.08. The molecule has 2 aliphatic rings. The number of methoxy groups -OCH3 is 1. The summed E-state index contributed by atoms with van der Waals surface area (Å²) in [5.41, 5.74) is 0.822. The van der Waals surface area contributed by atoms with Crippen LogP contribution in [0, 0.1) is 17.6 Å². The number of nitrogens with zero attached hydrogens (tertiary/aromatic N) is 2. The Morgan fingerprint density at radius 3 is 2.60 bits per heavy atom. The average Bonchev–Trinajstić information content (AvgIpc) is 3.34. The van der Waals surface area contributed by atoms with Crippen molar-refractivity contribution in [1.82, 2.24) is 25.5 Å². The van der Waals surface area contributed by atoms with Crippen molar-refractivity contribution in [3.63, 3.8) is 0 Å². The molecule has 2 heterocycles. The van der Waals surface area contributed by atoms with E-state index in [9.17, 15) is 28.6 Å². The number of rotatable bonds is 9. The number of benzene rings is 2. The lowest BCUT2D eigenvalue weighted by Gasteiger charge is -2.38. The average molecular weight is 619 g/mol. The van der Waals surface area contributed by atoms with Gasteiger partial charge < -0.3 is 40.8 Å². The van der Waals surface area contributed by atoms with Gasteiger partial charge in [-0.3, -0.25) is 9.59 Å². The van der Waals surface area contributed by atoms with Gasteiger partial charge in [0.05, 0.1) is 41.6 Å². The van der Waals surface area contributed by atoms with Gasteiger partial charge in [-0.05, 0) is 56.1 Å². The molecular formula is C29H33ClF2N6O5. The third-order valence-electron chi connectivity index (χ3n) is 7.94. The van der Waals surface area contributed by atoms with Crippen molar-refractivity contribution in [1.29, 1.82) is 0 Å². The van der Waals surface area contributed by atoms with E-state index in [-0.39, 0.29) is 57.3 Å². The predicted molar refractivity (Wildman–Crippen MR) is 155 cm³/mol. The van der Waals surface area contributed by atoms with Crippen LogP contribution in [-0.2, 0) is 11.8 Å². The number of halogens is 3. The van der Waals surface area contributed by atoms with Crippen molar-refractivity contribution in [3.05, 3.63) is 64.6 Å². The maximum Gasteiger partial charge on any atom is 0.253 e. The number of ether oxygens (including phenoxy) is 1. The Labute approximate surface area is 251 Å². The van der Waals surface area contributed by atoms with Gasteiger partial charge >= 0.3 is 0 Å². The van der Waals surface area contributed by atoms with Gasteiger partial charge in [0.1, 0.15) is 0 Å². The molecule has 5 rings (SSSR count). The highest BCUT2D eigenvalue weighted by molar-refractivity contribution is 6.34. The minimum absolute atomic E-state index is 0.0501. The molecule has 230 valence electrons. The number of nitrogens with one attached hydrogen (secondary N) is 4. The standard InChI is InChI=1S/C29H33ClF2N6O5/c1-38-21(18-5-6-23(43-2)25(32)24(18)31)12-34-26(38)29(42)35-14-3-4-17(20(30)11-14)27(40)36-15-9-16(10-15)37-28(41)19-7-8-33-13-22(19)39/h3-6,11-12,15-16,19,22,29,33,35,39,42H,7-10,13H2,1-2H3,(H,36,40)(H,37,41)/t15-,16+,19-,22+,29?/m0/s1. The Balaban J connectivity index is 1.16. The quantitative estimate of drug-likeness (QED) is 0.200. The second-order valence-electron chi connectivity index (χ2n) is 10.8. The number of hydrogen-bond donors (Lipinski definition) is 6. The second kappa shape index (κ2) is 12.8. The largest absolute Gasteiger partial charge is 0.494 e. The van der Waals surface area contributed by atoms with Crippen LogP contribution in [0.1, 0.15) is 41.7 Å². The molecule has 0 bridgehead atoms. The summed E-state index contributed by atoms with van der Waals surface area (Å²) >= 11 is 6.39. The molecule has 1 aliphatic heterocycles. The summed E-state index contributed by atoms with van der Waals surface area (Å²) in [4.78, 5) is 29.5. The summed E-state index contributed by atoms with van der Waals surface area (Å²) in [7, 11) is 2.79. The van der Waals surface area contributed by atoms with Crippen LogP contribution in [-0.4, -0.2) is 70.0 Å². The highest BCUT2D eigenvalue weighted by Gasteiger charge is 2.36. The molecule has 14 heteroatoms. The summed E-state index contributed by atoms with van der Waals surface area (Å²) in [6, 6.07) is 7.03. The van der Waals surface area contributed by atoms with Gasteiger partial charge in [0.25, 0.3) is 5.91 Å². The molecule has 2 aromatic carbocycles. The monoisotopic (exact) mass is 618 g/mol. The number of imidazole rings is 1. The zero-order chi connectivity index (χ0) is 30.8. The first-order valence-electron chi connectivity index (χ1n) is 13.9. The number of carbonyl (C=O) groups excluding carboxylic acids is 2. The van der Waals surface area contributed by atoms with Crippen molar-refractivity contribution >= 4 is 29.1 Å². The van der Waals surface area contributed by atoms with Crippen LogP contribution in [0.5, 0.6) is 5.75 Å². The lowest BCUT2D eigenvalue weighted by atomic mass is 9.85. The van der Waals surface area contributed by atoms with E-state index < -0.39 is 29.9 Å². The van der Waals surface area contributed by atoms with Gasteiger partial charge in [-0.2, -0.15) is 4.39 Å². The summed E-state index contributed by atoms with van der Waals surface area (Å²) < 4.78 is 35.1. The van der Waals surface area contributed by atoms with Crippen molar-refractivity contribution in [3.8, 4) is 17.0 Å². The highest BCUT2D eigenvalue weighted by Crippen LogP contribution is 2.31. The normalized spacial score (nSPS) is 22.3. The number of hydrogen-bond acceptors (Lipinski definition) is 8. The fourth-order valence-corrected chi connectivity index (χ4v) is 5.67. The number of carbonyl (C=O) groups is 2. The smallest absolute Gasteiger partial charge is 0.253 e. The Kier molecular flexibility index (Phi) is 9.16. The topological polar surface area (TPSA) is 150 Å². The Morgan fingerprint density at radius 1 is 1.16 bits per heavy atom. The molecule has 2 amide bonds. The van der Waals surface area contributed by atoms with Gasteiger partial charge in [-0.25, -0.2) is 9.37 Å². The van der Waals surface area contributed by atoms with Crippen LogP contribution in [0.4, 0.5) is 14.5 Å².